The standard InChI is InChI=1S/C13H19NO5S/c1-19-13(16)3-2-8-20(17,18)14-9-11-4-6-12(10-15)7-5-11/h4-7,14-15H,2-3,8-10H2,1H3. The maximum atomic E-state index is 11.7. The molecule has 20 heavy (non-hydrogen) atoms. The lowest BCUT2D eigenvalue weighted by Crippen LogP contribution is -2.26. The van der Waals surface area contributed by atoms with E-state index in [1.54, 1.807) is 24.3 Å². The largest absolute Gasteiger partial charge is 0.469 e. The molecule has 2 N–H and O–H groups in total. The number of benzene rings is 1. The van der Waals surface area contributed by atoms with Crippen molar-refractivity contribution >= 4 is 16.0 Å². The molecule has 0 unspecified atom stereocenters. The van der Waals surface area contributed by atoms with Crippen molar-refractivity contribution in [2.24, 2.45) is 0 Å². The molecule has 0 saturated heterocycles. The molecule has 7 heteroatoms. The summed E-state index contributed by atoms with van der Waals surface area (Å²) in [6.45, 7) is 0.145. The number of carbonyl (C=O) groups excluding carboxylic acids is 1. The summed E-state index contributed by atoms with van der Waals surface area (Å²) in [7, 11) is -2.14. The first-order chi connectivity index (χ1) is 9.46. The van der Waals surface area contributed by atoms with Crippen molar-refractivity contribution in [2.75, 3.05) is 12.9 Å². The number of aliphatic hydroxyl groups excluding tert-OH is 1. The van der Waals surface area contributed by atoms with Gasteiger partial charge in [0.05, 0.1) is 19.5 Å². The van der Waals surface area contributed by atoms with Gasteiger partial charge >= 0.3 is 5.97 Å². The number of methoxy groups -OCH3 is 1. The van der Waals surface area contributed by atoms with E-state index >= 15 is 0 Å². The number of sulfonamides is 1. The number of esters is 1. The second-order valence-corrected chi connectivity index (χ2v) is 6.22. The fourth-order valence-electron chi connectivity index (χ4n) is 1.54. The van der Waals surface area contributed by atoms with Crippen LogP contribution in [0.25, 0.3) is 0 Å². The molecule has 0 fully saturated rings. The number of aliphatic hydroxyl groups is 1. The molecule has 0 spiro atoms. The van der Waals surface area contributed by atoms with Gasteiger partial charge in [0, 0.05) is 13.0 Å². The molecular formula is C13H19NO5S. The van der Waals surface area contributed by atoms with Crippen molar-refractivity contribution in [1.82, 2.24) is 4.72 Å². The van der Waals surface area contributed by atoms with Crippen LogP contribution in [0.5, 0.6) is 0 Å². The quantitative estimate of drug-likeness (QED) is 0.684. The summed E-state index contributed by atoms with van der Waals surface area (Å²) in [5.41, 5.74) is 1.58. The maximum absolute atomic E-state index is 11.7. The number of nitrogens with one attached hydrogen (secondary N) is 1. The monoisotopic (exact) mass is 301 g/mol. The molecule has 0 aliphatic heterocycles. The van der Waals surface area contributed by atoms with E-state index in [9.17, 15) is 13.2 Å². The highest BCUT2D eigenvalue weighted by Crippen LogP contribution is 2.05. The third-order valence-corrected chi connectivity index (χ3v) is 4.13. The molecule has 6 nitrogen and oxygen atoms in total. The summed E-state index contributed by atoms with van der Waals surface area (Å²) in [6.07, 6.45) is 0.314. The minimum Gasteiger partial charge on any atom is -0.469 e. The molecule has 1 rings (SSSR count). The molecule has 1 aromatic carbocycles. The van der Waals surface area contributed by atoms with Gasteiger partial charge in [-0.05, 0) is 17.5 Å². The second-order valence-electron chi connectivity index (χ2n) is 4.29. The van der Waals surface area contributed by atoms with Crippen molar-refractivity contribution in [3.8, 4) is 0 Å². The number of rotatable bonds is 8. The topological polar surface area (TPSA) is 92.7 Å². The Morgan fingerprint density at radius 1 is 1.25 bits per heavy atom. The molecule has 0 saturated carbocycles. The number of hydrogen-bond donors (Lipinski definition) is 2. The van der Waals surface area contributed by atoms with Crippen molar-refractivity contribution in [1.29, 1.82) is 0 Å². The minimum atomic E-state index is -3.41. The summed E-state index contributed by atoms with van der Waals surface area (Å²) in [4.78, 5) is 10.9. The van der Waals surface area contributed by atoms with E-state index in [0.29, 0.717) is 0 Å². The van der Waals surface area contributed by atoms with Crippen LogP contribution in [0.1, 0.15) is 24.0 Å². The van der Waals surface area contributed by atoms with E-state index in [4.69, 9.17) is 5.11 Å². The van der Waals surface area contributed by atoms with Crippen molar-refractivity contribution in [3.05, 3.63) is 35.4 Å². The molecular weight excluding hydrogens is 282 g/mol. The number of carbonyl (C=O) groups is 1. The van der Waals surface area contributed by atoms with Gasteiger partial charge in [-0.1, -0.05) is 24.3 Å². The molecule has 0 atom stereocenters. The van der Waals surface area contributed by atoms with Crippen LogP contribution in [0.4, 0.5) is 0 Å². The predicted octanol–water partition coefficient (Wildman–Crippen LogP) is 0.551. The lowest BCUT2D eigenvalue weighted by molar-refractivity contribution is -0.140. The molecule has 0 heterocycles. The zero-order valence-corrected chi connectivity index (χ0v) is 12.1. The van der Waals surface area contributed by atoms with Gasteiger partial charge in [-0.3, -0.25) is 4.79 Å². The normalized spacial score (nSPS) is 11.3. The summed E-state index contributed by atoms with van der Waals surface area (Å²) >= 11 is 0. The number of hydrogen-bond acceptors (Lipinski definition) is 5. The van der Waals surface area contributed by atoms with Gasteiger partial charge in [0.1, 0.15) is 0 Å². The molecule has 1 aromatic rings. The maximum Gasteiger partial charge on any atom is 0.305 e. The molecule has 0 aliphatic carbocycles. The molecule has 112 valence electrons. The summed E-state index contributed by atoms with van der Waals surface area (Å²) < 4.78 is 30.3. The fourth-order valence-corrected chi connectivity index (χ4v) is 2.59. The first kappa shape index (κ1) is 16.6. The highest BCUT2D eigenvalue weighted by atomic mass is 32.2. The van der Waals surface area contributed by atoms with Crippen LogP contribution in [-0.2, 0) is 32.7 Å². The zero-order valence-electron chi connectivity index (χ0n) is 11.3. The molecule has 0 aromatic heterocycles. The van der Waals surface area contributed by atoms with E-state index in [0.717, 1.165) is 11.1 Å². The van der Waals surface area contributed by atoms with E-state index in [2.05, 4.69) is 9.46 Å². The van der Waals surface area contributed by atoms with Crippen molar-refractivity contribution < 1.29 is 23.1 Å². The van der Waals surface area contributed by atoms with E-state index < -0.39 is 16.0 Å². The average Bonchev–Trinajstić information content (AvgIpc) is 2.45. The van der Waals surface area contributed by atoms with Crippen LogP contribution in [0.3, 0.4) is 0 Å². The summed E-state index contributed by atoms with van der Waals surface area (Å²) in [6, 6.07) is 6.98. The van der Waals surface area contributed by atoms with Gasteiger partial charge in [-0.2, -0.15) is 0 Å². The Morgan fingerprint density at radius 3 is 2.40 bits per heavy atom. The van der Waals surface area contributed by atoms with Crippen molar-refractivity contribution in [2.45, 2.75) is 26.0 Å². The highest BCUT2D eigenvalue weighted by Gasteiger charge is 2.11. The van der Waals surface area contributed by atoms with Gasteiger partial charge in [0.25, 0.3) is 0 Å². The Bertz CT molecular complexity index is 524. The minimum absolute atomic E-state index is 0.0421. The summed E-state index contributed by atoms with van der Waals surface area (Å²) in [5.74, 6) is -0.531. The van der Waals surface area contributed by atoms with Crippen LogP contribution in [0.15, 0.2) is 24.3 Å². The molecule has 0 aliphatic rings. The van der Waals surface area contributed by atoms with Gasteiger partial charge in [0.15, 0.2) is 0 Å². The van der Waals surface area contributed by atoms with Crippen LogP contribution in [0, 0.1) is 0 Å². The highest BCUT2D eigenvalue weighted by molar-refractivity contribution is 7.89. The lowest BCUT2D eigenvalue weighted by atomic mass is 10.1. The van der Waals surface area contributed by atoms with E-state index in [1.807, 2.05) is 0 Å². The first-order valence-corrected chi connectivity index (χ1v) is 7.85. The van der Waals surface area contributed by atoms with Gasteiger partial charge in [-0.25, -0.2) is 13.1 Å². The predicted molar refractivity (Wildman–Crippen MR) is 74.2 cm³/mol. The van der Waals surface area contributed by atoms with Crippen LogP contribution < -0.4 is 4.72 Å². The smallest absolute Gasteiger partial charge is 0.305 e. The third-order valence-electron chi connectivity index (χ3n) is 2.72. The number of ether oxygens (including phenoxy) is 1. The Hall–Kier alpha value is -1.44. The van der Waals surface area contributed by atoms with Gasteiger partial charge in [0.2, 0.25) is 10.0 Å². The van der Waals surface area contributed by atoms with E-state index in [-0.39, 0.29) is 31.7 Å². The van der Waals surface area contributed by atoms with Gasteiger partial charge in [-0.15, -0.1) is 0 Å². The Kier molecular flexibility index (Phi) is 6.63. The Labute approximate surface area is 118 Å². The molecule has 0 radical (unpaired) electrons. The van der Waals surface area contributed by atoms with Crippen molar-refractivity contribution in [3.63, 3.8) is 0 Å². The molecule has 0 amide bonds. The molecule has 0 bridgehead atoms. The van der Waals surface area contributed by atoms with Crippen LogP contribution in [0.2, 0.25) is 0 Å². The van der Waals surface area contributed by atoms with Crippen LogP contribution >= 0.6 is 0 Å². The second kappa shape index (κ2) is 7.98. The first-order valence-electron chi connectivity index (χ1n) is 6.19. The Morgan fingerprint density at radius 2 is 1.85 bits per heavy atom. The SMILES string of the molecule is COC(=O)CCCS(=O)(=O)NCc1ccc(CO)cc1. The average molecular weight is 301 g/mol. The zero-order chi connectivity index (χ0) is 15.0. The van der Waals surface area contributed by atoms with Gasteiger partial charge < -0.3 is 9.84 Å². The fraction of sp³-hybridized carbons (Fsp3) is 0.462. The lowest BCUT2D eigenvalue weighted by Gasteiger charge is -2.07. The van der Waals surface area contributed by atoms with E-state index in [1.165, 1.54) is 7.11 Å². The third kappa shape index (κ3) is 6.14. The summed E-state index contributed by atoms with van der Waals surface area (Å²) in [5, 5.41) is 8.90. The Balaban J connectivity index is 2.40. The van der Waals surface area contributed by atoms with Crippen LogP contribution in [-0.4, -0.2) is 32.4 Å².